The fourth-order valence-electron chi connectivity index (χ4n) is 2.79. The number of nitrogens with zero attached hydrogens (tertiary/aromatic N) is 6. The maximum absolute atomic E-state index is 5.98. The lowest BCUT2D eigenvalue weighted by Crippen LogP contribution is -2.13. The summed E-state index contributed by atoms with van der Waals surface area (Å²) in [4.78, 5) is 6.19. The van der Waals surface area contributed by atoms with Crippen molar-refractivity contribution in [3.8, 4) is 11.1 Å². The van der Waals surface area contributed by atoms with E-state index >= 15 is 0 Å². The Hall–Kier alpha value is -2.73. The molecule has 0 bridgehead atoms. The van der Waals surface area contributed by atoms with Crippen molar-refractivity contribution >= 4 is 17.2 Å². The highest BCUT2D eigenvalue weighted by Gasteiger charge is 2.15. The van der Waals surface area contributed by atoms with Gasteiger partial charge in [-0.25, -0.2) is 9.50 Å². The standard InChI is InChI=1S/C17H15ClN6/c1-12(11-23-20-8-9-21-23)16-6-7-19-17-15(10-22-24(16)17)13-2-4-14(18)5-3-13/h2-10,12H,11H2,1H3. The molecule has 0 aliphatic rings. The Balaban J connectivity index is 1.74. The summed E-state index contributed by atoms with van der Waals surface area (Å²) in [6.07, 6.45) is 7.02. The van der Waals surface area contributed by atoms with E-state index in [1.165, 1.54) is 0 Å². The summed E-state index contributed by atoms with van der Waals surface area (Å²) < 4.78 is 1.89. The number of rotatable bonds is 4. The van der Waals surface area contributed by atoms with Crippen molar-refractivity contribution in [1.82, 2.24) is 29.6 Å². The maximum atomic E-state index is 5.98. The Morgan fingerprint density at radius 3 is 2.50 bits per heavy atom. The summed E-state index contributed by atoms with van der Waals surface area (Å²) in [5, 5.41) is 13.6. The van der Waals surface area contributed by atoms with E-state index in [4.69, 9.17) is 11.6 Å². The third-order valence-corrected chi connectivity index (χ3v) is 4.25. The zero-order chi connectivity index (χ0) is 16.5. The molecule has 0 spiro atoms. The Morgan fingerprint density at radius 1 is 1.00 bits per heavy atom. The van der Waals surface area contributed by atoms with Crippen molar-refractivity contribution in [2.75, 3.05) is 0 Å². The van der Waals surface area contributed by atoms with Crippen molar-refractivity contribution in [2.45, 2.75) is 19.4 Å². The third kappa shape index (κ3) is 2.65. The van der Waals surface area contributed by atoms with Gasteiger partial charge in [0.05, 0.1) is 30.8 Å². The Morgan fingerprint density at radius 2 is 1.75 bits per heavy atom. The van der Waals surface area contributed by atoms with Gasteiger partial charge in [0, 0.05) is 22.7 Å². The van der Waals surface area contributed by atoms with Gasteiger partial charge in [-0.15, -0.1) is 0 Å². The number of hydrogen-bond acceptors (Lipinski definition) is 4. The largest absolute Gasteiger partial charge is 0.236 e. The second-order valence-electron chi connectivity index (χ2n) is 5.66. The van der Waals surface area contributed by atoms with Crippen molar-refractivity contribution in [3.05, 3.63) is 65.8 Å². The second kappa shape index (κ2) is 6.05. The lowest BCUT2D eigenvalue weighted by Gasteiger charge is -2.12. The number of fused-ring (bicyclic) bond motifs is 1. The minimum atomic E-state index is 0.195. The molecule has 3 heterocycles. The van der Waals surface area contributed by atoms with Gasteiger partial charge in [0.25, 0.3) is 0 Å². The summed E-state index contributed by atoms with van der Waals surface area (Å²) in [6.45, 7) is 2.81. The number of benzene rings is 1. The molecule has 0 N–H and O–H groups in total. The number of aromatic nitrogens is 6. The van der Waals surface area contributed by atoms with Crippen molar-refractivity contribution in [3.63, 3.8) is 0 Å². The molecule has 0 aliphatic carbocycles. The molecule has 120 valence electrons. The molecule has 0 aliphatic heterocycles. The molecular formula is C17H15ClN6. The maximum Gasteiger partial charge on any atom is 0.163 e. The SMILES string of the molecule is CC(Cn1nccn1)c1ccnc2c(-c3ccc(Cl)cc3)cnn12. The van der Waals surface area contributed by atoms with Crippen LogP contribution in [0.2, 0.25) is 5.02 Å². The average molecular weight is 339 g/mol. The van der Waals surface area contributed by atoms with Crippen LogP contribution in [0.1, 0.15) is 18.5 Å². The minimum Gasteiger partial charge on any atom is -0.236 e. The van der Waals surface area contributed by atoms with Gasteiger partial charge >= 0.3 is 0 Å². The van der Waals surface area contributed by atoms with Gasteiger partial charge in [0.2, 0.25) is 0 Å². The topological polar surface area (TPSA) is 60.9 Å². The van der Waals surface area contributed by atoms with Gasteiger partial charge in [-0.3, -0.25) is 0 Å². The average Bonchev–Trinajstić information content (AvgIpc) is 3.24. The van der Waals surface area contributed by atoms with Crippen LogP contribution < -0.4 is 0 Å². The van der Waals surface area contributed by atoms with Gasteiger partial charge in [-0.1, -0.05) is 30.7 Å². The van der Waals surface area contributed by atoms with Crippen LogP contribution in [0.15, 0.2) is 55.1 Å². The molecule has 0 saturated heterocycles. The van der Waals surface area contributed by atoms with Crippen LogP contribution in [0.25, 0.3) is 16.8 Å². The first-order valence-electron chi connectivity index (χ1n) is 7.65. The highest BCUT2D eigenvalue weighted by Crippen LogP contribution is 2.27. The summed E-state index contributed by atoms with van der Waals surface area (Å²) >= 11 is 5.98. The van der Waals surface area contributed by atoms with Gasteiger partial charge in [0.15, 0.2) is 5.65 Å². The predicted molar refractivity (Wildman–Crippen MR) is 91.9 cm³/mol. The zero-order valence-electron chi connectivity index (χ0n) is 13.0. The molecule has 3 aromatic heterocycles. The molecule has 1 atom stereocenters. The normalized spacial score (nSPS) is 12.6. The Bertz CT molecular complexity index is 959. The summed E-state index contributed by atoms with van der Waals surface area (Å²) in [5.74, 6) is 0.195. The lowest BCUT2D eigenvalue weighted by atomic mass is 10.1. The van der Waals surface area contributed by atoms with E-state index in [-0.39, 0.29) is 5.92 Å². The molecule has 7 heteroatoms. The van der Waals surface area contributed by atoms with E-state index in [2.05, 4.69) is 27.2 Å². The van der Waals surface area contributed by atoms with Gasteiger partial charge in [-0.05, 0) is 23.8 Å². The fraction of sp³-hybridized carbons (Fsp3) is 0.176. The number of hydrogen-bond donors (Lipinski definition) is 0. The molecular weight excluding hydrogens is 324 g/mol. The molecule has 4 aromatic rings. The van der Waals surface area contributed by atoms with Crippen LogP contribution in [0.5, 0.6) is 0 Å². The van der Waals surface area contributed by atoms with E-state index in [0.29, 0.717) is 11.6 Å². The second-order valence-corrected chi connectivity index (χ2v) is 6.09. The molecule has 0 radical (unpaired) electrons. The molecule has 0 saturated carbocycles. The van der Waals surface area contributed by atoms with Gasteiger partial charge in [-0.2, -0.15) is 20.1 Å². The van der Waals surface area contributed by atoms with Gasteiger partial charge < -0.3 is 0 Å². The molecule has 1 unspecified atom stereocenters. The smallest absolute Gasteiger partial charge is 0.163 e. The molecule has 0 fully saturated rings. The van der Waals surface area contributed by atoms with Crippen LogP contribution in [-0.2, 0) is 6.54 Å². The zero-order valence-corrected chi connectivity index (χ0v) is 13.8. The van der Waals surface area contributed by atoms with Crippen LogP contribution >= 0.6 is 11.6 Å². The highest BCUT2D eigenvalue weighted by atomic mass is 35.5. The van der Waals surface area contributed by atoms with Crippen molar-refractivity contribution < 1.29 is 0 Å². The summed E-state index contributed by atoms with van der Waals surface area (Å²) in [5.41, 5.74) is 3.92. The summed E-state index contributed by atoms with van der Waals surface area (Å²) in [7, 11) is 0. The predicted octanol–water partition coefficient (Wildman–Crippen LogP) is 3.44. The van der Waals surface area contributed by atoms with Crippen molar-refractivity contribution in [1.29, 1.82) is 0 Å². The first kappa shape index (κ1) is 14.8. The van der Waals surface area contributed by atoms with E-state index in [1.54, 1.807) is 17.2 Å². The Labute approximate surface area is 143 Å². The molecule has 6 nitrogen and oxygen atoms in total. The van der Waals surface area contributed by atoms with E-state index < -0.39 is 0 Å². The minimum absolute atomic E-state index is 0.195. The molecule has 4 rings (SSSR count). The first-order valence-corrected chi connectivity index (χ1v) is 8.03. The number of halogens is 1. The first-order chi connectivity index (χ1) is 11.7. The monoisotopic (exact) mass is 338 g/mol. The quantitative estimate of drug-likeness (QED) is 0.572. The molecule has 1 aromatic carbocycles. The third-order valence-electron chi connectivity index (χ3n) is 3.99. The lowest BCUT2D eigenvalue weighted by molar-refractivity contribution is 0.473. The molecule has 0 amide bonds. The molecule has 24 heavy (non-hydrogen) atoms. The van der Waals surface area contributed by atoms with Gasteiger partial charge in [0.1, 0.15) is 0 Å². The van der Waals surface area contributed by atoms with Crippen LogP contribution in [-0.4, -0.2) is 29.6 Å². The van der Waals surface area contributed by atoms with Crippen LogP contribution in [0.3, 0.4) is 0 Å². The van der Waals surface area contributed by atoms with Crippen LogP contribution in [0.4, 0.5) is 0 Å². The van der Waals surface area contributed by atoms with E-state index in [1.807, 2.05) is 47.2 Å². The highest BCUT2D eigenvalue weighted by molar-refractivity contribution is 6.30. The Kier molecular flexibility index (Phi) is 3.74. The van der Waals surface area contributed by atoms with E-state index in [9.17, 15) is 0 Å². The summed E-state index contributed by atoms with van der Waals surface area (Å²) in [6, 6.07) is 9.68. The fourth-order valence-corrected chi connectivity index (χ4v) is 2.92. The van der Waals surface area contributed by atoms with Crippen molar-refractivity contribution in [2.24, 2.45) is 0 Å². The van der Waals surface area contributed by atoms with Crippen LogP contribution in [0, 0.1) is 0 Å². The van der Waals surface area contributed by atoms with E-state index in [0.717, 1.165) is 22.5 Å².